The molecule has 0 unspecified atom stereocenters. The lowest BCUT2D eigenvalue weighted by molar-refractivity contribution is -0.171. The summed E-state index contributed by atoms with van der Waals surface area (Å²) in [7, 11) is 0. The van der Waals surface area contributed by atoms with Crippen molar-refractivity contribution >= 4 is 11.8 Å². The van der Waals surface area contributed by atoms with E-state index >= 15 is 0 Å². The number of halogens is 4. The van der Waals surface area contributed by atoms with Crippen LogP contribution in [0, 0.1) is 0 Å². The van der Waals surface area contributed by atoms with Crippen LogP contribution in [-0.2, 0) is 9.59 Å². The first-order valence-electron chi connectivity index (χ1n) is 4.26. The van der Waals surface area contributed by atoms with Gasteiger partial charge in [0.25, 0.3) is 5.91 Å². The summed E-state index contributed by atoms with van der Waals surface area (Å²) in [5.41, 5.74) is 3.40. The number of carbonyl (C=O) groups excluding carboxylic acids is 2. The van der Waals surface area contributed by atoms with Gasteiger partial charge in [0, 0.05) is 12.0 Å². The van der Waals surface area contributed by atoms with E-state index in [9.17, 15) is 27.2 Å². The van der Waals surface area contributed by atoms with Gasteiger partial charge >= 0.3 is 12.3 Å². The minimum absolute atomic E-state index is 0.432. The van der Waals surface area contributed by atoms with E-state index in [1.165, 1.54) is 13.8 Å². The summed E-state index contributed by atoms with van der Waals surface area (Å²) in [5.74, 6) is -7.76. The summed E-state index contributed by atoms with van der Waals surface area (Å²) in [6.07, 6.45) is -4.53. The zero-order valence-corrected chi connectivity index (χ0v) is 8.69. The lowest BCUT2D eigenvalue weighted by Crippen LogP contribution is -2.54. The molecule has 0 rings (SSSR count). The molecule has 0 heterocycles. The molecule has 0 atom stereocenters. The SMILES string of the molecule is CC(C)(CC(N)=O)NC(=O)C(F)(F)C(F)F. The monoisotopic (exact) mass is 244 g/mol. The summed E-state index contributed by atoms with van der Waals surface area (Å²) < 4.78 is 48.7. The van der Waals surface area contributed by atoms with Gasteiger partial charge in [0.05, 0.1) is 0 Å². The maximum absolute atomic E-state index is 12.5. The minimum Gasteiger partial charge on any atom is -0.370 e. The Bertz CT molecular complexity index is 292. The minimum atomic E-state index is -4.78. The van der Waals surface area contributed by atoms with Gasteiger partial charge in [-0.2, -0.15) is 8.78 Å². The maximum Gasteiger partial charge on any atom is 0.383 e. The van der Waals surface area contributed by atoms with Crippen LogP contribution < -0.4 is 11.1 Å². The Morgan fingerprint density at radius 2 is 1.75 bits per heavy atom. The average Bonchev–Trinajstić information content (AvgIpc) is 1.99. The summed E-state index contributed by atoms with van der Waals surface area (Å²) >= 11 is 0. The first-order valence-corrected chi connectivity index (χ1v) is 4.26. The Morgan fingerprint density at radius 1 is 1.31 bits per heavy atom. The molecule has 0 spiro atoms. The van der Waals surface area contributed by atoms with Crippen LogP contribution in [0.1, 0.15) is 20.3 Å². The molecule has 94 valence electrons. The van der Waals surface area contributed by atoms with Crippen LogP contribution in [0.5, 0.6) is 0 Å². The van der Waals surface area contributed by atoms with Crippen molar-refractivity contribution in [1.29, 1.82) is 0 Å². The molecule has 2 amide bonds. The van der Waals surface area contributed by atoms with Crippen LogP contribution >= 0.6 is 0 Å². The second kappa shape index (κ2) is 4.67. The summed E-state index contributed by atoms with van der Waals surface area (Å²) in [6, 6.07) is 0. The molecule has 0 aliphatic rings. The van der Waals surface area contributed by atoms with E-state index in [0.29, 0.717) is 0 Å². The molecule has 0 aromatic carbocycles. The zero-order chi connectivity index (χ0) is 13.1. The number of alkyl halides is 4. The largest absolute Gasteiger partial charge is 0.383 e. The van der Waals surface area contributed by atoms with Crippen LogP contribution in [0.15, 0.2) is 0 Å². The summed E-state index contributed by atoms with van der Waals surface area (Å²) in [5, 5.41) is 1.64. The quantitative estimate of drug-likeness (QED) is 0.697. The number of rotatable bonds is 5. The Hall–Kier alpha value is -1.34. The third-order valence-electron chi connectivity index (χ3n) is 1.64. The highest BCUT2D eigenvalue weighted by Gasteiger charge is 2.50. The Balaban J connectivity index is 4.62. The molecular formula is C8H12F4N2O2. The highest BCUT2D eigenvalue weighted by atomic mass is 19.3. The number of nitrogens with one attached hydrogen (secondary N) is 1. The van der Waals surface area contributed by atoms with Crippen molar-refractivity contribution in [3.63, 3.8) is 0 Å². The van der Waals surface area contributed by atoms with E-state index in [-0.39, 0.29) is 0 Å². The van der Waals surface area contributed by atoms with Gasteiger partial charge in [-0.05, 0) is 13.8 Å². The molecule has 0 aliphatic carbocycles. The fraction of sp³-hybridized carbons (Fsp3) is 0.750. The van der Waals surface area contributed by atoms with Gasteiger partial charge in [0.15, 0.2) is 0 Å². The standard InChI is InChI=1S/C8H12F4N2O2/c1-7(2,3-4(13)15)14-6(16)8(11,12)5(9)10/h5H,3H2,1-2H3,(H2,13,15)(H,14,16). The molecule has 3 N–H and O–H groups in total. The van der Waals surface area contributed by atoms with E-state index in [0.717, 1.165) is 0 Å². The van der Waals surface area contributed by atoms with Crippen LogP contribution in [0.25, 0.3) is 0 Å². The number of nitrogens with two attached hydrogens (primary N) is 1. The van der Waals surface area contributed by atoms with E-state index in [1.807, 2.05) is 0 Å². The lowest BCUT2D eigenvalue weighted by Gasteiger charge is -2.27. The van der Waals surface area contributed by atoms with E-state index in [2.05, 4.69) is 0 Å². The first kappa shape index (κ1) is 14.7. The molecule has 0 saturated heterocycles. The van der Waals surface area contributed by atoms with Gasteiger partial charge in [0.2, 0.25) is 5.91 Å². The molecule has 8 heteroatoms. The molecule has 0 bridgehead atoms. The van der Waals surface area contributed by atoms with Crippen molar-refractivity contribution in [3.05, 3.63) is 0 Å². The molecule has 4 nitrogen and oxygen atoms in total. The van der Waals surface area contributed by atoms with Crippen molar-refractivity contribution in [1.82, 2.24) is 5.32 Å². The summed E-state index contributed by atoms with van der Waals surface area (Å²) in [6.45, 7) is 2.44. The lowest BCUT2D eigenvalue weighted by atomic mass is 10.00. The van der Waals surface area contributed by atoms with Gasteiger partial charge in [0.1, 0.15) is 0 Å². The highest BCUT2D eigenvalue weighted by molar-refractivity contribution is 5.85. The second-order valence-electron chi connectivity index (χ2n) is 3.90. The molecule has 0 saturated carbocycles. The number of carbonyl (C=O) groups is 2. The van der Waals surface area contributed by atoms with E-state index < -0.39 is 36.1 Å². The zero-order valence-electron chi connectivity index (χ0n) is 8.69. The second-order valence-corrected chi connectivity index (χ2v) is 3.90. The highest BCUT2D eigenvalue weighted by Crippen LogP contribution is 2.24. The van der Waals surface area contributed by atoms with Crippen LogP contribution in [0.4, 0.5) is 17.6 Å². The average molecular weight is 244 g/mol. The number of hydrogen-bond donors (Lipinski definition) is 2. The van der Waals surface area contributed by atoms with Crippen molar-refractivity contribution in [2.24, 2.45) is 5.73 Å². The third kappa shape index (κ3) is 4.03. The Kier molecular flexibility index (Phi) is 4.28. The van der Waals surface area contributed by atoms with Gasteiger partial charge in [-0.25, -0.2) is 8.78 Å². The predicted molar refractivity (Wildman–Crippen MR) is 47.0 cm³/mol. The molecule has 0 aliphatic heterocycles. The maximum atomic E-state index is 12.5. The first-order chi connectivity index (χ1) is 6.99. The molecule has 0 radical (unpaired) electrons. The van der Waals surface area contributed by atoms with Crippen molar-refractivity contribution in [2.75, 3.05) is 0 Å². The van der Waals surface area contributed by atoms with E-state index in [1.54, 1.807) is 5.32 Å². The van der Waals surface area contributed by atoms with Crippen molar-refractivity contribution < 1.29 is 27.2 Å². The van der Waals surface area contributed by atoms with Crippen LogP contribution in [0.2, 0.25) is 0 Å². The number of hydrogen-bond acceptors (Lipinski definition) is 2. The summed E-state index contributed by atoms with van der Waals surface area (Å²) in [4.78, 5) is 21.3. The van der Waals surface area contributed by atoms with Gasteiger partial charge in [-0.15, -0.1) is 0 Å². The number of primary amides is 1. The third-order valence-corrected chi connectivity index (χ3v) is 1.64. The van der Waals surface area contributed by atoms with E-state index in [4.69, 9.17) is 5.73 Å². The fourth-order valence-electron chi connectivity index (χ4n) is 0.970. The molecule has 16 heavy (non-hydrogen) atoms. The normalized spacial score (nSPS) is 12.7. The predicted octanol–water partition coefficient (Wildman–Crippen LogP) is 0.657. The number of amides is 2. The molecule has 0 aromatic rings. The molecule has 0 fully saturated rings. The van der Waals surface area contributed by atoms with Crippen molar-refractivity contribution in [2.45, 2.75) is 38.2 Å². The van der Waals surface area contributed by atoms with Gasteiger partial charge in [-0.1, -0.05) is 0 Å². The van der Waals surface area contributed by atoms with Gasteiger partial charge < -0.3 is 11.1 Å². The molecular weight excluding hydrogens is 232 g/mol. The topological polar surface area (TPSA) is 72.2 Å². The van der Waals surface area contributed by atoms with Crippen LogP contribution in [-0.4, -0.2) is 29.7 Å². The van der Waals surface area contributed by atoms with Crippen molar-refractivity contribution in [3.8, 4) is 0 Å². The Labute approximate surface area is 89.2 Å². The van der Waals surface area contributed by atoms with Crippen LogP contribution in [0.3, 0.4) is 0 Å². The smallest absolute Gasteiger partial charge is 0.370 e. The van der Waals surface area contributed by atoms with Gasteiger partial charge in [-0.3, -0.25) is 9.59 Å². The Morgan fingerprint density at radius 3 is 2.06 bits per heavy atom. The fourth-order valence-corrected chi connectivity index (χ4v) is 0.970. The molecule has 0 aromatic heterocycles.